The first-order valence-corrected chi connectivity index (χ1v) is 5.68. The molecule has 1 aromatic rings. The van der Waals surface area contributed by atoms with Gasteiger partial charge in [0, 0.05) is 6.54 Å². The van der Waals surface area contributed by atoms with E-state index < -0.39 is 0 Å². The summed E-state index contributed by atoms with van der Waals surface area (Å²) in [7, 11) is 1.65. The molecular weight excluding hydrogens is 216 g/mol. The molecule has 4 N–H and O–H groups in total. The summed E-state index contributed by atoms with van der Waals surface area (Å²) < 4.78 is 5.09. The van der Waals surface area contributed by atoms with E-state index in [1.807, 2.05) is 24.3 Å². The van der Waals surface area contributed by atoms with Gasteiger partial charge >= 0.3 is 0 Å². The average Bonchev–Trinajstić information content (AvgIpc) is 2.39. The second-order valence-electron chi connectivity index (χ2n) is 3.58. The van der Waals surface area contributed by atoms with Crippen molar-refractivity contribution in [3.05, 3.63) is 29.8 Å². The maximum absolute atomic E-state index is 5.36. The third-order valence-electron chi connectivity index (χ3n) is 2.26. The average molecular weight is 236 g/mol. The Hall–Kier alpha value is -1.75. The summed E-state index contributed by atoms with van der Waals surface area (Å²) in [5.41, 5.74) is 3.65. The summed E-state index contributed by atoms with van der Waals surface area (Å²) in [6, 6.07) is 7.80. The van der Waals surface area contributed by atoms with E-state index in [0.717, 1.165) is 24.3 Å². The van der Waals surface area contributed by atoms with Gasteiger partial charge in [0.2, 0.25) is 5.96 Å². The van der Waals surface area contributed by atoms with E-state index in [-0.39, 0.29) is 0 Å². The summed E-state index contributed by atoms with van der Waals surface area (Å²) in [4.78, 5) is 4.33. The van der Waals surface area contributed by atoms with E-state index in [0.29, 0.717) is 12.5 Å². The van der Waals surface area contributed by atoms with Gasteiger partial charge < -0.3 is 10.1 Å². The monoisotopic (exact) mass is 236 g/mol. The summed E-state index contributed by atoms with van der Waals surface area (Å²) in [6.45, 7) is 3.52. The highest BCUT2D eigenvalue weighted by molar-refractivity contribution is 5.79. The van der Waals surface area contributed by atoms with Crippen molar-refractivity contribution in [3.8, 4) is 5.75 Å². The van der Waals surface area contributed by atoms with Crippen LogP contribution in [0.2, 0.25) is 0 Å². The Bertz CT molecular complexity index is 348. The van der Waals surface area contributed by atoms with E-state index in [2.05, 4.69) is 22.7 Å². The number of hydrogen-bond donors (Lipinski definition) is 3. The molecule has 0 fully saturated rings. The fraction of sp³-hybridized carbons (Fsp3) is 0.417. The molecule has 5 heteroatoms. The van der Waals surface area contributed by atoms with Crippen LogP contribution in [-0.2, 0) is 6.54 Å². The number of benzene rings is 1. The zero-order chi connectivity index (χ0) is 12.5. The number of hydrogen-bond acceptors (Lipinski definition) is 3. The second-order valence-corrected chi connectivity index (χ2v) is 3.58. The van der Waals surface area contributed by atoms with Gasteiger partial charge in [-0.05, 0) is 24.1 Å². The Kier molecular flexibility index (Phi) is 5.88. The lowest BCUT2D eigenvalue weighted by Gasteiger charge is -2.07. The van der Waals surface area contributed by atoms with Gasteiger partial charge in [0.05, 0.1) is 13.7 Å². The smallest absolute Gasteiger partial charge is 0.206 e. The minimum atomic E-state index is 0.584. The quantitative estimate of drug-likeness (QED) is 0.309. The van der Waals surface area contributed by atoms with Gasteiger partial charge in [-0.25, -0.2) is 10.8 Å². The highest BCUT2D eigenvalue weighted by Gasteiger charge is 1.96. The van der Waals surface area contributed by atoms with Crippen molar-refractivity contribution in [2.24, 2.45) is 10.8 Å². The van der Waals surface area contributed by atoms with Gasteiger partial charge in [-0.3, -0.25) is 5.43 Å². The predicted octanol–water partition coefficient (Wildman–Crippen LogP) is 1.01. The van der Waals surface area contributed by atoms with Gasteiger partial charge in [0.25, 0.3) is 0 Å². The Morgan fingerprint density at radius 1 is 1.35 bits per heavy atom. The number of nitrogens with zero attached hydrogens (tertiary/aromatic N) is 1. The number of guanidine groups is 1. The molecule has 0 saturated carbocycles. The van der Waals surface area contributed by atoms with Crippen LogP contribution < -0.4 is 21.3 Å². The molecule has 1 aromatic carbocycles. The molecular formula is C12H20N4O. The van der Waals surface area contributed by atoms with Crippen molar-refractivity contribution in [3.63, 3.8) is 0 Å². The van der Waals surface area contributed by atoms with Crippen LogP contribution in [0.4, 0.5) is 0 Å². The van der Waals surface area contributed by atoms with Crippen molar-refractivity contribution in [2.75, 3.05) is 13.7 Å². The van der Waals surface area contributed by atoms with Gasteiger partial charge in [0.1, 0.15) is 5.75 Å². The van der Waals surface area contributed by atoms with E-state index >= 15 is 0 Å². The number of aliphatic imine (C=N–C) groups is 1. The molecule has 5 nitrogen and oxygen atoms in total. The number of nitrogens with two attached hydrogens (primary N) is 1. The van der Waals surface area contributed by atoms with E-state index in [9.17, 15) is 0 Å². The van der Waals surface area contributed by atoms with Gasteiger partial charge in [-0.2, -0.15) is 0 Å². The Balaban J connectivity index is 2.53. The Labute approximate surface area is 102 Å². The molecule has 1 rings (SSSR count). The van der Waals surface area contributed by atoms with Crippen LogP contribution in [0.3, 0.4) is 0 Å². The fourth-order valence-corrected chi connectivity index (χ4v) is 1.30. The molecule has 17 heavy (non-hydrogen) atoms. The van der Waals surface area contributed by atoms with Crippen molar-refractivity contribution in [1.82, 2.24) is 10.7 Å². The van der Waals surface area contributed by atoms with Crippen molar-refractivity contribution in [2.45, 2.75) is 19.9 Å². The first kappa shape index (κ1) is 13.3. The molecule has 0 aliphatic rings. The summed E-state index contributed by atoms with van der Waals surface area (Å²) in [5.74, 6) is 6.82. The van der Waals surface area contributed by atoms with Crippen LogP contribution in [-0.4, -0.2) is 19.6 Å². The predicted molar refractivity (Wildman–Crippen MR) is 69.7 cm³/mol. The first-order chi connectivity index (χ1) is 8.30. The summed E-state index contributed by atoms with van der Waals surface area (Å²) in [5, 5.41) is 3.10. The highest BCUT2D eigenvalue weighted by atomic mass is 16.5. The molecule has 0 aliphatic carbocycles. The largest absolute Gasteiger partial charge is 0.497 e. The van der Waals surface area contributed by atoms with Crippen LogP contribution in [0.5, 0.6) is 5.75 Å². The van der Waals surface area contributed by atoms with Crippen LogP contribution in [0, 0.1) is 0 Å². The lowest BCUT2D eigenvalue weighted by atomic mass is 10.2. The van der Waals surface area contributed by atoms with E-state index in [4.69, 9.17) is 10.6 Å². The zero-order valence-electron chi connectivity index (χ0n) is 10.4. The molecule has 0 spiro atoms. The summed E-state index contributed by atoms with van der Waals surface area (Å²) in [6.07, 6.45) is 1.03. The number of methoxy groups -OCH3 is 1. The summed E-state index contributed by atoms with van der Waals surface area (Å²) >= 11 is 0. The van der Waals surface area contributed by atoms with Crippen LogP contribution in [0.25, 0.3) is 0 Å². The van der Waals surface area contributed by atoms with E-state index in [1.54, 1.807) is 7.11 Å². The maximum atomic E-state index is 5.36. The molecule has 0 unspecified atom stereocenters. The molecule has 0 atom stereocenters. The normalized spacial score (nSPS) is 11.1. The number of ether oxygens (including phenoxy) is 1. The minimum absolute atomic E-state index is 0.584. The Morgan fingerprint density at radius 2 is 2.06 bits per heavy atom. The number of rotatable bonds is 5. The third kappa shape index (κ3) is 4.74. The molecule has 0 bridgehead atoms. The van der Waals surface area contributed by atoms with Crippen LogP contribution >= 0.6 is 0 Å². The van der Waals surface area contributed by atoms with Gasteiger partial charge in [-0.15, -0.1) is 0 Å². The first-order valence-electron chi connectivity index (χ1n) is 5.68. The molecule has 0 heterocycles. The molecule has 0 radical (unpaired) electrons. The number of hydrazine groups is 1. The minimum Gasteiger partial charge on any atom is -0.497 e. The van der Waals surface area contributed by atoms with E-state index in [1.165, 1.54) is 0 Å². The highest BCUT2D eigenvalue weighted by Crippen LogP contribution is 2.11. The topological polar surface area (TPSA) is 71.7 Å². The van der Waals surface area contributed by atoms with Crippen molar-refractivity contribution in [1.29, 1.82) is 0 Å². The maximum Gasteiger partial charge on any atom is 0.206 e. The van der Waals surface area contributed by atoms with Crippen molar-refractivity contribution < 1.29 is 4.74 Å². The molecule has 0 aliphatic heterocycles. The van der Waals surface area contributed by atoms with Crippen molar-refractivity contribution >= 4 is 5.96 Å². The fourth-order valence-electron chi connectivity index (χ4n) is 1.30. The van der Waals surface area contributed by atoms with Crippen LogP contribution in [0.15, 0.2) is 29.3 Å². The van der Waals surface area contributed by atoms with Crippen LogP contribution in [0.1, 0.15) is 18.9 Å². The lowest BCUT2D eigenvalue weighted by molar-refractivity contribution is 0.414. The zero-order valence-corrected chi connectivity index (χ0v) is 10.4. The lowest BCUT2D eigenvalue weighted by Crippen LogP contribution is -2.41. The number of nitrogens with one attached hydrogen (secondary N) is 2. The standard InChI is InChI=1S/C12H20N4O/c1-3-8-14-12(16-13)15-9-10-4-6-11(17-2)7-5-10/h4-7H,3,8-9,13H2,1-2H3,(H2,14,15,16). The van der Waals surface area contributed by atoms with Gasteiger partial charge in [0.15, 0.2) is 0 Å². The molecule has 94 valence electrons. The molecule has 0 aromatic heterocycles. The van der Waals surface area contributed by atoms with Gasteiger partial charge in [-0.1, -0.05) is 19.1 Å². The second kappa shape index (κ2) is 7.51. The SMILES string of the molecule is CCCNC(=NCc1ccc(OC)cc1)NN. The molecule has 0 amide bonds. The third-order valence-corrected chi connectivity index (χ3v) is 2.26. The molecule has 0 saturated heterocycles. The Morgan fingerprint density at radius 3 is 2.59 bits per heavy atom.